The Morgan fingerprint density at radius 2 is 1.85 bits per heavy atom. The molecule has 1 N–H and O–H groups in total. The molecule has 0 aromatic carbocycles. The number of hydrogen-bond donors (Lipinski definition) is 1. The minimum absolute atomic E-state index is 0.431. The molecule has 0 radical (unpaired) electrons. The lowest BCUT2D eigenvalue weighted by molar-refractivity contribution is -2.00. The molecule has 1 saturated carbocycles. The molecule has 2 heterocycles. The van der Waals surface area contributed by atoms with E-state index in [1.165, 1.54) is 17.2 Å². The molecule has 3 aliphatic rings. The van der Waals surface area contributed by atoms with Gasteiger partial charge in [-0.15, -0.1) is 10.2 Å². The maximum atomic E-state index is 10.4. The van der Waals surface area contributed by atoms with Gasteiger partial charge in [-0.3, -0.25) is 0 Å². The molecule has 1 aliphatic carbocycles. The number of thioether (sulfide) groups is 2. The third-order valence-electron chi connectivity index (χ3n) is 3.28. The average Bonchev–Trinajstić information content (AvgIpc) is 2.83. The van der Waals surface area contributed by atoms with Crippen LogP contribution in [0.2, 0.25) is 0 Å². The Labute approximate surface area is 127 Å². The molecule has 20 heavy (non-hydrogen) atoms. The van der Waals surface area contributed by atoms with E-state index in [2.05, 4.69) is 4.58 Å². The van der Waals surface area contributed by atoms with Gasteiger partial charge in [-0.2, -0.15) is 0 Å². The first-order valence-electron chi connectivity index (χ1n) is 6.17. The zero-order valence-corrected chi connectivity index (χ0v) is 13.0. The summed E-state index contributed by atoms with van der Waals surface area (Å²) in [6.07, 6.45) is 3.31. The highest BCUT2D eigenvalue weighted by Gasteiger charge is 2.52. The molecule has 3 fully saturated rings. The highest BCUT2D eigenvalue weighted by molar-refractivity contribution is 8.42. The quantitative estimate of drug-likeness (QED) is 0.446. The van der Waals surface area contributed by atoms with Crippen LogP contribution in [0.5, 0.6) is 0 Å². The van der Waals surface area contributed by atoms with Crippen molar-refractivity contribution in [3.05, 3.63) is 0 Å². The molecule has 0 aromatic rings. The Morgan fingerprint density at radius 3 is 2.40 bits per heavy atom. The van der Waals surface area contributed by atoms with Crippen molar-refractivity contribution in [2.24, 2.45) is 0 Å². The lowest BCUT2D eigenvalue weighted by Crippen LogP contribution is -2.68. The van der Waals surface area contributed by atoms with Crippen LogP contribution >= 0.6 is 23.5 Å². The number of hydrogen-bond acceptors (Lipinski definition) is 8. The number of halogens is 1. The number of ether oxygens (including phenoxy) is 1. The fraction of sp³-hybridized carbons (Fsp3) is 0.900. The maximum Gasteiger partial charge on any atom is 0.273 e. The largest absolute Gasteiger partial charge is 0.378 e. The highest BCUT2D eigenvalue weighted by atomic mass is 35.7. The Kier molecular flexibility index (Phi) is 5.60. The minimum Gasteiger partial charge on any atom is -0.378 e. The van der Waals surface area contributed by atoms with Gasteiger partial charge in [-0.05, 0) is 42.8 Å². The lowest BCUT2D eigenvalue weighted by atomic mass is 10.3. The van der Waals surface area contributed by atoms with E-state index in [0.717, 1.165) is 32.7 Å². The van der Waals surface area contributed by atoms with Crippen molar-refractivity contribution < 1.29 is 43.3 Å². The standard InChI is InChI=1S/C10H16NO2S2.ClHO4/c12-10-3-1-2-8(10)14-9(15-10)11-4-6-13-7-5-11;2-1(3,4)5/h8,12H,1-7H2;(H,2,3,4,5)/q+1;/p-1. The predicted octanol–water partition coefficient (Wildman–Crippen LogP) is -3.65. The molecule has 0 amide bonds. The van der Waals surface area contributed by atoms with Crippen molar-refractivity contribution >= 4 is 27.9 Å². The summed E-state index contributed by atoms with van der Waals surface area (Å²) in [5.74, 6) is 0. The highest BCUT2D eigenvalue weighted by Crippen LogP contribution is 2.54. The van der Waals surface area contributed by atoms with Crippen LogP contribution in [0, 0.1) is 10.2 Å². The van der Waals surface area contributed by atoms with Crippen LogP contribution < -0.4 is 18.6 Å². The summed E-state index contributed by atoms with van der Waals surface area (Å²) in [6.45, 7) is 3.62. The van der Waals surface area contributed by atoms with Gasteiger partial charge in [-0.25, -0.2) is 23.2 Å². The molecule has 7 nitrogen and oxygen atoms in total. The van der Waals surface area contributed by atoms with Gasteiger partial charge < -0.3 is 9.84 Å². The fourth-order valence-corrected chi connectivity index (χ4v) is 5.91. The van der Waals surface area contributed by atoms with Crippen molar-refractivity contribution in [3.8, 4) is 0 Å². The Bertz CT molecular complexity index is 376. The van der Waals surface area contributed by atoms with Gasteiger partial charge in [0, 0.05) is 0 Å². The molecule has 2 unspecified atom stereocenters. The summed E-state index contributed by atoms with van der Waals surface area (Å²) in [5.41, 5.74) is 0. The number of nitrogens with zero attached hydrogens (tertiary/aromatic N) is 1. The van der Waals surface area contributed by atoms with Crippen molar-refractivity contribution in [1.82, 2.24) is 0 Å². The van der Waals surface area contributed by atoms with Gasteiger partial charge in [0.15, 0.2) is 13.1 Å². The first kappa shape index (κ1) is 16.8. The van der Waals surface area contributed by atoms with Gasteiger partial charge in [0.25, 0.3) is 4.38 Å². The summed E-state index contributed by atoms with van der Waals surface area (Å²) >= 11 is 3.58. The summed E-state index contributed by atoms with van der Waals surface area (Å²) in [6, 6.07) is 0. The minimum atomic E-state index is -4.94. The van der Waals surface area contributed by atoms with E-state index in [-0.39, 0.29) is 0 Å². The van der Waals surface area contributed by atoms with Crippen LogP contribution in [0.15, 0.2) is 0 Å². The summed E-state index contributed by atoms with van der Waals surface area (Å²) in [5, 5.41) is 10.8. The predicted molar refractivity (Wildman–Crippen MR) is 63.6 cm³/mol. The van der Waals surface area contributed by atoms with E-state index < -0.39 is 15.2 Å². The maximum absolute atomic E-state index is 10.4. The van der Waals surface area contributed by atoms with Crippen LogP contribution in [0.25, 0.3) is 0 Å². The molecule has 2 saturated heterocycles. The third-order valence-corrected chi connectivity index (χ3v) is 6.61. The van der Waals surface area contributed by atoms with Crippen LogP contribution in [-0.4, -0.2) is 50.5 Å². The average molecular weight is 346 g/mol. The second kappa shape index (κ2) is 6.67. The Hall–Kier alpha value is 0.420. The molecule has 10 heteroatoms. The first-order chi connectivity index (χ1) is 9.28. The van der Waals surface area contributed by atoms with E-state index in [4.69, 9.17) is 23.4 Å². The van der Waals surface area contributed by atoms with E-state index >= 15 is 0 Å². The molecule has 0 spiro atoms. The molecular weight excluding hydrogens is 330 g/mol. The molecule has 0 aromatic heterocycles. The van der Waals surface area contributed by atoms with E-state index in [0.29, 0.717) is 5.25 Å². The molecular formula is C10H16ClNO6S2. The molecule has 0 bridgehead atoms. The van der Waals surface area contributed by atoms with Crippen LogP contribution in [0.3, 0.4) is 0 Å². The summed E-state index contributed by atoms with van der Waals surface area (Å²) in [4.78, 5) is -0.460. The lowest BCUT2D eigenvalue weighted by Gasteiger charge is -2.17. The number of aliphatic hydroxyl groups is 1. The van der Waals surface area contributed by atoms with Gasteiger partial charge >= 0.3 is 0 Å². The smallest absolute Gasteiger partial charge is 0.273 e. The normalized spacial score (nSPS) is 33.8. The monoisotopic (exact) mass is 345 g/mol. The molecule has 3 rings (SSSR count). The van der Waals surface area contributed by atoms with E-state index in [1.807, 2.05) is 11.8 Å². The van der Waals surface area contributed by atoms with Crippen LogP contribution in [0.4, 0.5) is 0 Å². The second-order valence-corrected chi connectivity index (χ2v) is 8.19. The zero-order chi connectivity index (χ0) is 14.8. The number of rotatable bonds is 0. The SMILES string of the molecule is OC12CCCC1SC(=[N+]1CCOCC1)S2.[O-][Cl+3]([O-])([O-])[O-]. The first-order valence-corrected chi connectivity index (χ1v) is 9.10. The van der Waals surface area contributed by atoms with Crippen molar-refractivity contribution in [2.75, 3.05) is 26.3 Å². The second-order valence-electron chi connectivity index (χ2n) is 4.69. The van der Waals surface area contributed by atoms with Gasteiger partial charge in [0.1, 0.15) is 18.1 Å². The summed E-state index contributed by atoms with van der Waals surface area (Å²) in [7, 11) is -4.94. The number of morpholine rings is 1. The topological polar surface area (TPSA) is 125 Å². The van der Waals surface area contributed by atoms with Crippen molar-refractivity contribution in [1.29, 1.82) is 0 Å². The van der Waals surface area contributed by atoms with Crippen LogP contribution in [0.1, 0.15) is 19.3 Å². The van der Waals surface area contributed by atoms with Crippen molar-refractivity contribution in [2.45, 2.75) is 29.4 Å². The van der Waals surface area contributed by atoms with E-state index in [1.54, 1.807) is 11.8 Å². The number of fused-ring (bicyclic) bond motifs is 1. The zero-order valence-electron chi connectivity index (χ0n) is 10.7. The molecule has 116 valence electrons. The fourth-order valence-electron chi connectivity index (χ4n) is 2.38. The van der Waals surface area contributed by atoms with Gasteiger partial charge in [-0.1, -0.05) is 0 Å². The van der Waals surface area contributed by atoms with E-state index in [9.17, 15) is 5.11 Å². The molecule has 2 aliphatic heterocycles. The van der Waals surface area contributed by atoms with Gasteiger partial charge in [0.2, 0.25) is 0 Å². The van der Waals surface area contributed by atoms with Crippen molar-refractivity contribution in [3.63, 3.8) is 0 Å². The van der Waals surface area contributed by atoms with Crippen LogP contribution in [-0.2, 0) is 4.74 Å². The Morgan fingerprint density at radius 1 is 1.25 bits per heavy atom. The Balaban J connectivity index is 0.000000257. The third kappa shape index (κ3) is 4.72. The molecule has 2 atom stereocenters. The van der Waals surface area contributed by atoms with Gasteiger partial charge in [0.05, 0.1) is 5.25 Å². The summed E-state index contributed by atoms with van der Waals surface area (Å²) < 4.78 is 43.0.